The first-order chi connectivity index (χ1) is 11.0. The standard InChI is InChI=1S/C15H22N4O3S/c20-14(17-8-2-9-17)15(19-10-1-7-16-19)5-11-18(12-6-15)23(21,22)13-3-4-13/h1,7,10,13H,2-6,8-9,11-12H2. The molecule has 3 fully saturated rings. The second-order valence-electron chi connectivity index (χ2n) is 6.77. The maximum absolute atomic E-state index is 13.0. The van der Waals surface area contributed by atoms with Crippen molar-refractivity contribution in [2.75, 3.05) is 26.2 Å². The summed E-state index contributed by atoms with van der Waals surface area (Å²) < 4.78 is 28.2. The van der Waals surface area contributed by atoms with Crippen molar-refractivity contribution in [3.05, 3.63) is 18.5 Å². The van der Waals surface area contributed by atoms with Gasteiger partial charge in [-0.3, -0.25) is 9.48 Å². The predicted octanol–water partition coefficient (Wildman–Crippen LogP) is 0.399. The summed E-state index contributed by atoms with van der Waals surface area (Å²) in [6.45, 7) is 2.40. The summed E-state index contributed by atoms with van der Waals surface area (Å²) in [4.78, 5) is 14.9. The second kappa shape index (κ2) is 5.31. The van der Waals surface area contributed by atoms with E-state index in [1.807, 2.05) is 17.2 Å². The molecule has 126 valence electrons. The Balaban J connectivity index is 1.58. The molecule has 0 N–H and O–H groups in total. The van der Waals surface area contributed by atoms with Crippen LogP contribution in [0.1, 0.15) is 32.1 Å². The van der Waals surface area contributed by atoms with Crippen LogP contribution >= 0.6 is 0 Å². The molecule has 1 amide bonds. The fraction of sp³-hybridized carbons (Fsp3) is 0.733. The number of carbonyl (C=O) groups is 1. The van der Waals surface area contributed by atoms with Gasteiger partial charge in [0, 0.05) is 38.6 Å². The lowest BCUT2D eigenvalue weighted by molar-refractivity contribution is -0.147. The van der Waals surface area contributed by atoms with E-state index in [0.29, 0.717) is 25.9 Å². The number of likely N-dealkylation sites (tertiary alicyclic amines) is 1. The minimum atomic E-state index is -3.17. The maximum atomic E-state index is 13.0. The molecule has 2 saturated heterocycles. The van der Waals surface area contributed by atoms with Gasteiger partial charge >= 0.3 is 0 Å². The van der Waals surface area contributed by atoms with Crippen LogP contribution in [0.2, 0.25) is 0 Å². The Kier molecular flexibility index (Phi) is 3.49. The van der Waals surface area contributed by atoms with Crippen LogP contribution in [0.5, 0.6) is 0 Å². The van der Waals surface area contributed by atoms with E-state index in [0.717, 1.165) is 32.4 Å². The van der Waals surface area contributed by atoms with E-state index in [2.05, 4.69) is 5.10 Å². The van der Waals surface area contributed by atoms with Crippen molar-refractivity contribution in [1.82, 2.24) is 19.0 Å². The van der Waals surface area contributed by atoms with Crippen LogP contribution in [-0.4, -0.2) is 64.7 Å². The first-order valence-corrected chi connectivity index (χ1v) is 9.83. The van der Waals surface area contributed by atoms with E-state index in [1.165, 1.54) is 0 Å². The molecule has 1 aromatic rings. The molecule has 0 radical (unpaired) electrons. The van der Waals surface area contributed by atoms with Gasteiger partial charge in [0.1, 0.15) is 5.54 Å². The Labute approximate surface area is 136 Å². The number of piperidine rings is 1. The molecule has 0 bridgehead atoms. The molecule has 1 aromatic heterocycles. The van der Waals surface area contributed by atoms with Crippen molar-refractivity contribution in [2.45, 2.75) is 42.9 Å². The van der Waals surface area contributed by atoms with Gasteiger partial charge in [-0.2, -0.15) is 5.10 Å². The smallest absolute Gasteiger partial charge is 0.250 e. The number of amides is 1. The van der Waals surface area contributed by atoms with Gasteiger partial charge in [-0.1, -0.05) is 0 Å². The zero-order valence-corrected chi connectivity index (χ0v) is 13.9. The van der Waals surface area contributed by atoms with Gasteiger partial charge in [-0.15, -0.1) is 0 Å². The molecule has 23 heavy (non-hydrogen) atoms. The molecule has 4 rings (SSSR count). The quantitative estimate of drug-likeness (QED) is 0.796. The fourth-order valence-corrected chi connectivity index (χ4v) is 5.41. The van der Waals surface area contributed by atoms with Crippen LogP contribution in [0.25, 0.3) is 0 Å². The number of aromatic nitrogens is 2. The van der Waals surface area contributed by atoms with Crippen molar-refractivity contribution in [3.8, 4) is 0 Å². The average molecular weight is 338 g/mol. The molecule has 0 spiro atoms. The number of sulfonamides is 1. The summed E-state index contributed by atoms with van der Waals surface area (Å²) in [6.07, 6.45) is 7.09. The summed E-state index contributed by atoms with van der Waals surface area (Å²) in [5, 5.41) is 4.12. The zero-order chi connectivity index (χ0) is 16.1. The highest BCUT2D eigenvalue weighted by Gasteiger charge is 2.50. The number of carbonyl (C=O) groups excluding carboxylic acids is 1. The Bertz CT molecular complexity index is 684. The normalized spacial score (nSPS) is 25.1. The van der Waals surface area contributed by atoms with Crippen LogP contribution in [0.4, 0.5) is 0 Å². The number of nitrogens with zero attached hydrogens (tertiary/aromatic N) is 4. The molecule has 2 aliphatic heterocycles. The van der Waals surface area contributed by atoms with Crippen LogP contribution in [0.3, 0.4) is 0 Å². The van der Waals surface area contributed by atoms with Gasteiger partial charge in [0.15, 0.2) is 0 Å². The number of hydrogen-bond acceptors (Lipinski definition) is 4. The SMILES string of the molecule is O=C(N1CCC1)C1(n2cccn2)CCN(S(=O)(=O)C2CC2)CC1. The maximum Gasteiger partial charge on any atom is 0.250 e. The highest BCUT2D eigenvalue weighted by atomic mass is 32.2. The molecule has 8 heteroatoms. The van der Waals surface area contributed by atoms with Crippen LogP contribution in [0, 0.1) is 0 Å². The predicted molar refractivity (Wildman–Crippen MR) is 84.1 cm³/mol. The summed E-state index contributed by atoms with van der Waals surface area (Å²) >= 11 is 0. The monoisotopic (exact) mass is 338 g/mol. The molecular weight excluding hydrogens is 316 g/mol. The van der Waals surface area contributed by atoms with E-state index in [1.54, 1.807) is 15.2 Å². The van der Waals surface area contributed by atoms with Crippen molar-refractivity contribution < 1.29 is 13.2 Å². The van der Waals surface area contributed by atoms with Crippen molar-refractivity contribution in [1.29, 1.82) is 0 Å². The first kappa shape index (κ1) is 15.1. The van der Waals surface area contributed by atoms with Crippen LogP contribution in [0.15, 0.2) is 18.5 Å². The topological polar surface area (TPSA) is 75.5 Å². The van der Waals surface area contributed by atoms with E-state index < -0.39 is 15.6 Å². The molecule has 7 nitrogen and oxygen atoms in total. The van der Waals surface area contributed by atoms with Crippen molar-refractivity contribution in [2.24, 2.45) is 0 Å². The highest BCUT2D eigenvalue weighted by Crippen LogP contribution is 2.37. The molecular formula is C15H22N4O3S. The molecule has 1 saturated carbocycles. The molecule has 0 atom stereocenters. The number of rotatable bonds is 4. The van der Waals surface area contributed by atoms with E-state index >= 15 is 0 Å². The Hall–Kier alpha value is -1.41. The van der Waals surface area contributed by atoms with Crippen molar-refractivity contribution >= 4 is 15.9 Å². The molecule has 3 heterocycles. The lowest BCUT2D eigenvalue weighted by atomic mass is 9.86. The van der Waals surface area contributed by atoms with E-state index in [9.17, 15) is 13.2 Å². The second-order valence-corrected chi connectivity index (χ2v) is 8.98. The molecule has 0 unspecified atom stereocenters. The van der Waals surface area contributed by atoms with Gasteiger partial charge in [0.2, 0.25) is 10.0 Å². The minimum Gasteiger partial charge on any atom is -0.340 e. The van der Waals surface area contributed by atoms with Gasteiger partial charge in [-0.25, -0.2) is 12.7 Å². The molecule has 3 aliphatic rings. The summed E-state index contributed by atoms with van der Waals surface area (Å²) in [7, 11) is -3.17. The number of hydrogen-bond donors (Lipinski definition) is 0. The van der Waals surface area contributed by atoms with E-state index in [4.69, 9.17) is 0 Å². The lowest BCUT2D eigenvalue weighted by Crippen LogP contribution is -2.59. The average Bonchev–Trinajstić information content (AvgIpc) is 3.22. The van der Waals surface area contributed by atoms with Gasteiger partial charge in [-0.05, 0) is 38.2 Å². The molecule has 0 aromatic carbocycles. The molecule has 1 aliphatic carbocycles. The Morgan fingerprint density at radius 3 is 2.30 bits per heavy atom. The highest BCUT2D eigenvalue weighted by molar-refractivity contribution is 7.90. The van der Waals surface area contributed by atoms with Gasteiger partial charge in [0.05, 0.1) is 5.25 Å². The van der Waals surface area contributed by atoms with Crippen molar-refractivity contribution in [3.63, 3.8) is 0 Å². The lowest BCUT2D eigenvalue weighted by Gasteiger charge is -2.45. The van der Waals surface area contributed by atoms with E-state index in [-0.39, 0.29) is 11.2 Å². The largest absolute Gasteiger partial charge is 0.340 e. The van der Waals surface area contributed by atoms with Crippen LogP contribution in [-0.2, 0) is 20.4 Å². The van der Waals surface area contributed by atoms with Crippen LogP contribution < -0.4 is 0 Å². The summed E-state index contributed by atoms with van der Waals surface area (Å²) in [5.74, 6) is 0.0934. The van der Waals surface area contributed by atoms with Gasteiger partial charge < -0.3 is 4.90 Å². The first-order valence-electron chi connectivity index (χ1n) is 8.32. The third-order valence-corrected chi connectivity index (χ3v) is 7.74. The fourth-order valence-electron chi connectivity index (χ4n) is 3.56. The Morgan fingerprint density at radius 1 is 1.13 bits per heavy atom. The van der Waals surface area contributed by atoms with Gasteiger partial charge in [0.25, 0.3) is 5.91 Å². The third kappa shape index (κ3) is 2.39. The Morgan fingerprint density at radius 2 is 1.83 bits per heavy atom. The summed E-state index contributed by atoms with van der Waals surface area (Å²) in [5.41, 5.74) is -0.723. The summed E-state index contributed by atoms with van der Waals surface area (Å²) in [6, 6.07) is 1.82. The zero-order valence-electron chi connectivity index (χ0n) is 13.1. The third-order valence-electron chi connectivity index (χ3n) is 5.34. The minimum absolute atomic E-state index is 0.0934.